The molecule has 0 saturated carbocycles. The van der Waals surface area contributed by atoms with Crippen molar-refractivity contribution in [2.24, 2.45) is 0 Å². The fourth-order valence-electron chi connectivity index (χ4n) is 1.66. The van der Waals surface area contributed by atoms with E-state index in [1.165, 1.54) is 6.42 Å². The summed E-state index contributed by atoms with van der Waals surface area (Å²) in [7, 11) is 1.58. The molecule has 0 spiro atoms. The van der Waals surface area contributed by atoms with Crippen molar-refractivity contribution in [1.29, 1.82) is 0 Å². The van der Waals surface area contributed by atoms with Crippen molar-refractivity contribution < 1.29 is 18.8 Å². The van der Waals surface area contributed by atoms with Crippen LogP contribution in [0.25, 0.3) is 0 Å². The molecule has 0 aliphatic rings. The van der Waals surface area contributed by atoms with Crippen LogP contribution < -0.4 is 5.32 Å². The predicted octanol–water partition coefficient (Wildman–Crippen LogP) is 1.98. The van der Waals surface area contributed by atoms with E-state index >= 15 is 0 Å². The lowest BCUT2D eigenvalue weighted by atomic mass is 10.2. The standard InChI is InChI=1S/C12H27NO4Si/c1-16-18(3,17-2)11-7-5-4-6-9-13-10-8-12(14)15/h13H,4-11H2,1-3H3,(H,14,15). The first-order valence-corrected chi connectivity index (χ1v) is 9.09. The van der Waals surface area contributed by atoms with Gasteiger partial charge in [0.15, 0.2) is 0 Å². The molecule has 5 nitrogen and oxygen atoms in total. The highest BCUT2D eigenvalue weighted by Gasteiger charge is 2.27. The first-order valence-electron chi connectivity index (χ1n) is 6.57. The molecular formula is C12H27NO4Si. The number of carbonyl (C=O) groups is 1. The third kappa shape index (κ3) is 9.58. The summed E-state index contributed by atoms with van der Waals surface area (Å²) in [6.45, 7) is 3.55. The molecule has 0 aliphatic carbocycles. The molecule has 0 radical (unpaired) electrons. The molecule has 0 aromatic rings. The van der Waals surface area contributed by atoms with Gasteiger partial charge >= 0.3 is 14.5 Å². The van der Waals surface area contributed by atoms with Crippen molar-refractivity contribution in [2.45, 2.75) is 44.7 Å². The number of unbranched alkanes of at least 4 members (excludes halogenated alkanes) is 3. The van der Waals surface area contributed by atoms with Gasteiger partial charge in [0.05, 0.1) is 6.42 Å². The van der Waals surface area contributed by atoms with Gasteiger partial charge in [-0.25, -0.2) is 0 Å². The lowest BCUT2D eigenvalue weighted by Gasteiger charge is -2.22. The number of carboxylic acid groups (broad SMARTS) is 1. The maximum atomic E-state index is 10.3. The van der Waals surface area contributed by atoms with E-state index in [0.717, 1.165) is 31.9 Å². The zero-order valence-electron chi connectivity index (χ0n) is 11.8. The second-order valence-electron chi connectivity index (χ2n) is 4.60. The topological polar surface area (TPSA) is 67.8 Å². The molecule has 0 aromatic carbocycles. The lowest BCUT2D eigenvalue weighted by Crippen LogP contribution is -2.35. The molecule has 6 heteroatoms. The molecule has 108 valence electrons. The Bertz CT molecular complexity index is 222. The SMILES string of the molecule is CO[Si](C)(CCCCCCNCCC(=O)O)OC. The van der Waals surface area contributed by atoms with Crippen molar-refractivity contribution in [3.05, 3.63) is 0 Å². The van der Waals surface area contributed by atoms with Gasteiger partial charge in [0.2, 0.25) is 0 Å². The van der Waals surface area contributed by atoms with Gasteiger partial charge in [-0.15, -0.1) is 0 Å². The normalized spacial score (nSPS) is 11.7. The summed E-state index contributed by atoms with van der Waals surface area (Å²) in [6, 6.07) is 1.03. The van der Waals surface area contributed by atoms with Crippen molar-refractivity contribution in [3.63, 3.8) is 0 Å². The Morgan fingerprint density at radius 3 is 2.28 bits per heavy atom. The number of aliphatic carboxylic acids is 1. The zero-order valence-corrected chi connectivity index (χ0v) is 12.8. The van der Waals surface area contributed by atoms with E-state index in [9.17, 15) is 4.79 Å². The molecular weight excluding hydrogens is 250 g/mol. The summed E-state index contributed by atoms with van der Waals surface area (Å²) in [4.78, 5) is 10.3. The van der Waals surface area contributed by atoms with Crippen LogP contribution in [0, 0.1) is 0 Å². The van der Waals surface area contributed by atoms with Gasteiger partial charge in [0.25, 0.3) is 0 Å². The second kappa shape index (κ2) is 10.5. The van der Waals surface area contributed by atoms with Gasteiger partial charge in [-0.2, -0.15) is 0 Å². The third-order valence-corrected chi connectivity index (χ3v) is 6.10. The highest BCUT2D eigenvalue weighted by atomic mass is 28.4. The number of hydrogen-bond acceptors (Lipinski definition) is 4. The minimum atomic E-state index is -1.87. The average molecular weight is 277 g/mol. The van der Waals surface area contributed by atoms with Gasteiger partial charge in [0.1, 0.15) is 0 Å². The molecule has 0 heterocycles. The predicted molar refractivity (Wildman–Crippen MR) is 74.0 cm³/mol. The molecule has 0 atom stereocenters. The Morgan fingerprint density at radius 2 is 1.72 bits per heavy atom. The van der Waals surface area contributed by atoms with Gasteiger partial charge < -0.3 is 19.3 Å². The number of rotatable bonds is 12. The maximum Gasteiger partial charge on any atom is 0.334 e. The fraction of sp³-hybridized carbons (Fsp3) is 0.917. The molecule has 0 aliphatic heterocycles. The van der Waals surface area contributed by atoms with Crippen LogP contribution in [0.2, 0.25) is 12.6 Å². The summed E-state index contributed by atoms with van der Waals surface area (Å²) in [5.74, 6) is -0.745. The zero-order chi connectivity index (χ0) is 13.9. The molecule has 0 amide bonds. The minimum Gasteiger partial charge on any atom is -0.481 e. The Morgan fingerprint density at radius 1 is 1.11 bits per heavy atom. The van der Waals surface area contributed by atoms with Crippen LogP contribution in [0.1, 0.15) is 32.1 Å². The number of hydrogen-bond donors (Lipinski definition) is 2. The Balaban J connectivity index is 3.28. The summed E-state index contributed by atoms with van der Waals surface area (Å²) < 4.78 is 10.8. The molecule has 2 N–H and O–H groups in total. The van der Waals surface area contributed by atoms with E-state index in [2.05, 4.69) is 11.9 Å². The first kappa shape index (κ1) is 17.6. The summed E-state index contributed by atoms with van der Waals surface area (Å²) in [5.41, 5.74) is 0. The number of nitrogens with one attached hydrogen (secondary N) is 1. The van der Waals surface area contributed by atoms with E-state index in [1.54, 1.807) is 14.2 Å². The smallest absolute Gasteiger partial charge is 0.334 e. The Kier molecular flexibility index (Phi) is 10.2. The largest absolute Gasteiger partial charge is 0.481 e. The fourth-order valence-corrected chi connectivity index (χ4v) is 3.12. The van der Waals surface area contributed by atoms with E-state index < -0.39 is 14.5 Å². The molecule has 0 fully saturated rings. The van der Waals surface area contributed by atoms with Crippen molar-refractivity contribution in [3.8, 4) is 0 Å². The third-order valence-electron chi connectivity index (χ3n) is 3.11. The molecule has 0 unspecified atom stereocenters. The van der Waals surface area contributed by atoms with Crippen LogP contribution in [-0.2, 0) is 13.6 Å². The maximum absolute atomic E-state index is 10.3. The van der Waals surface area contributed by atoms with Crippen molar-refractivity contribution in [1.82, 2.24) is 5.32 Å². The monoisotopic (exact) mass is 277 g/mol. The van der Waals surface area contributed by atoms with Crippen LogP contribution >= 0.6 is 0 Å². The van der Waals surface area contributed by atoms with Crippen LogP contribution in [0.3, 0.4) is 0 Å². The van der Waals surface area contributed by atoms with E-state index in [-0.39, 0.29) is 6.42 Å². The molecule has 0 rings (SSSR count). The van der Waals surface area contributed by atoms with Crippen LogP contribution in [0.15, 0.2) is 0 Å². The van der Waals surface area contributed by atoms with Crippen molar-refractivity contribution in [2.75, 3.05) is 27.3 Å². The molecule has 0 saturated heterocycles. The summed E-state index contributed by atoms with van der Waals surface area (Å²) in [5, 5.41) is 11.6. The molecule has 0 aromatic heterocycles. The van der Waals surface area contributed by atoms with E-state index in [1.807, 2.05) is 0 Å². The van der Waals surface area contributed by atoms with Crippen molar-refractivity contribution >= 4 is 14.5 Å². The first-order chi connectivity index (χ1) is 8.54. The minimum absolute atomic E-state index is 0.200. The Hall–Kier alpha value is -0.433. The highest BCUT2D eigenvalue weighted by Crippen LogP contribution is 2.16. The van der Waals surface area contributed by atoms with E-state index in [4.69, 9.17) is 14.0 Å². The number of carboxylic acids is 1. The second-order valence-corrected chi connectivity index (χ2v) is 8.18. The van der Waals surface area contributed by atoms with Gasteiger partial charge in [-0.05, 0) is 25.6 Å². The Labute approximate surface area is 111 Å². The molecule has 18 heavy (non-hydrogen) atoms. The van der Waals surface area contributed by atoms with Gasteiger partial charge in [-0.1, -0.05) is 19.3 Å². The van der Waals surface area contributed by atoms with Crippen LogP contribution in [0.4, 0.5) is 0 Å². The van der Waals surface area contributed by atoms with Gasteiger partial charge in [-0.3, -0.25) is 4.79 Å². The van der Waals surface area contributed by atoms with Crippen LogP contribution in [-0.4, -0.2) is 46.9 Å². The van der Waals surface area contributed by atoms with Gasteiger partial charge in [0, 0.05) is 20.8 Å². The summed E-state index contributed by atoms with van der Waals surface area (Å²) in [6.07, 6.45) is 4.77. The quantitative estimate of drug-likeness (QED) is 0.422. The molecule has 0 bridgehead atoms. The highest BCUT2D eigenvalue weighted by molar-refractivity contribution is 6.65. The lowest BCUT2D eigenvalue weighted by molar-refractivity contribution is -0.136. The average Bonchev–Trinajstić information content (AvgIpc) is 2.36. The van der Waals surface area contributed by atoms with Crippen LogP contribution in [0.5, 0.6) is 0 Å². The summed E-state index contributed by atoms with van der Waals surface area (Å²) >= 11 is 0. The van der Waals surface area contributed by atoms with E-state index in [0.29, 0.717) is 6.54 Å².